The van der Waals surface area contributed by atoms with E-state index in [0.29, 0.717) is 27.8 Å². The van der Waals surface area contributed by atoms with Crippen LogP contribution in [-0.2, 0) is 4.79 Å². The van der Waals surface area contributed by atoms with Crippen LogP contribution < -0.4 is 16.1 Å². The van der Waals surface area contributed by atoms with Crippen LogP contribution in [0.4, 0.5) is 4.39 Å². The van der Waals surface area contributed by atoms with Gasteiger partial charge in [0.2, 0.25) is 0 Å². The van der Waals surface area contributed by atoms with Crippen LogP contribution in [0.3, 0.4) is 0 Å². The van der Waals surface area contributed by atoms with Gasteiger partial charge in [0.25, 0.3) is 5.91 Å². The zero-order chi connectivity index (χ0) is 16.4. The number of fused-ring (bicyclic) bond motifs is 1. The normalized spacial score (nSPS) is 10.7. The molecule has 2 N–H and O–H groups in total. The maximum Gasteiger partial charge on any atom is 0.344 e. The van der Waals surface area contributed by atoms with Gasteiger partial charge < -0.3 is 14.9 Å². The second-order valence-electron chi connectivity index (χ2n) is 4.91. The summed E-state index contributed by atoms with van der Waals surface area (Å²) in [6.45, 7) is -0.261. The van der Waals surface area contributed by atoms with Gasteiger partial charge in [0.15, 0.2) is 6.61 Å². The van der Waals surface area contributed by atoms with Gasteiger partial charge in [-0.2, -0.15) is 0 Å². The molecule has 1 heterocycles. The van der Waals surface area contributed by atoms with Crippen LogP contribution >= 0.6 is 0 Å². The van der Waals surface area contributed by atoms with Crippen molar-refractivity contribution in [3.8, 4) is 16.9 Å². The lowest BCUT2D eigenvalue weighted by Gasteiger charge is -2.06. The van der Waals surface area contributed by atoms with E-state index in [1.165, 1.54) is 30.3 Å². The van der Waals surface area contributed by atoms with Crippen LogP contribution in [0.1, 0.15) is 0 Å². The minimum atomic E-state index is -0.599. The van der Waals surface area contributed by atoms with Crippen molar-refractivity contribution < 1.29 is 18.3 Å². The maximum atomic E-state index is 13.0. The Balaban J connectivity index is 2.02. The van der Waals surface area contributed by atoms with Gasteiger partial charge in [-0.25, -0.2) is 9.18 Å². The van der Waals surface area contributed by atoms with Crippen LogP contribution in [0.15, 0.2) is 57.7 Å². The molecule has 6 heteroatoms. The summed E-state index contributed by atoms with van der Waals surface area (Å²) in [6, 6.07) is 12.1. The summed E-state index contributed by atoms with van der Waals surface area (Å²) in [5.74, 6) is -0.609. The molecule has 0 unspecified atom stereocenters. The van der Waals surface area contributed by atoms with Gasteiger partial charge in [-0.1, -0.05) is 12.1 Å². The molecule has 0 saturated heterocycles. The minimum absolute atomic E-state index is 0.261. The van der Waals surface area contributed by atoms with Gasteiger partial charge in [-0.15, -0.1) is 0 Å². The lowest BCUT2D eigenvalue weighted by Crippen LogP contribution is -2.19. The van der Waals surface area contributed by atoms with Gasteiger partial charge in [-0.05, 0) is 35.9 Å². The van der Waals surface area contributed by atoms with E-state index in [0.717, 1.165) is 0 Å². The van der Waals surface area contributed by atoms with E-state index in [-0.39, 0.29) is 12.4 Å². The number of carbonyl (C=O) groups is 1. The van der Waals surface area contributed by atoms with E-state index < -0.39 is 11.5 Å². The Hall–Kier alpha value is -3.15. The highest BCUT2D eigenvalue weighted by atomic mass is 19.1. The predicted octanol–water partition coefficient (Wildman–Crippen LogP) is 2.46. The standard InChI is InChI=1S/C17H12FNO4/c18-12-4-1-10(2-5-12)14-7-11-3-6-13(22-9-16(19)20)8-15(11)23-17(14)21/h1-8H,9H2,(H2,19,20). The number of ether oxygens (including phenoxy) is 1. The molecule has 3 aromatic rings. The fourth-order valence-electron chi connectivity index (χ4n) is 2.17. The van der Waals surface area contributed by atoms with E-state index in [1.807, 2.05) is 0 Å². The van der Waals surface area contributed by atoms with Crippen LogP contribution in [0, 0.1) is 5.82 Å². The van der Waals surface area contributed by atoms with Gasteiger partial charge in [0, 0.05) is 11.5 Å². The largest absolute Gasteiger partial charge is 0.484 e. The molecule has 1 amide bonds. The topological polar surface area (TPSA) is 82.5 Å². The SMILES string of the molecule is NC(=O)COc1ccc2cc(-c3ccc(F)cc3)c(=O)oc2c1. The lowest BCUT2D eigenvalue weighted by molar-refractivity contribution is -0.119. The fourth-order valence-corrected chi connectivity index (χ4v) is 2.17. The fraction of sp³-hybridized carbons (Fsp3) is 0.0588. The quantitative estimate of drug-likeness (QED) is 0.750. The third-order valence-corrected chi connectivity index (χ3v) is 3.24. The number of rotatable bonds is 4. The first-order valence-electron chi connectivity index (χ1n) is 6.78. The van der Waals surface area contributed by atoms with Gasteiger partial charge in [-0.3, -0.25) is 4.79 Å². The molecule has 23 heavy (non-hydrogen) atoms. The molecule has 1 aromatic heterocycles. The van der Waals surface area contributed by atoms with Crippen molar-refractivity contribution in [1.82, 2.24) is 0 Å². The van der Waals surface area contributed by atoms with E-state index in [4.69, 9.17) is 14.9 Å². The molecule has 0 fully saturated rings. The first kappa shape index (κ1) is 14.8. The van der Waals surface area contributed by atoms with Gasteiger partial charge in [0.1, 0.15) is 17.1 Å². The second kappa shape index (κ2) is 5.92. The van der Waals surface area contributed by atoms with Crippen LogP contribution in [0.5, 0.6) is 5.75 Å². The summed E-state index contributed by atoms with van der Waals surface area (Å²) < 4.78 is 23.4. The molecule has 5 nitrogen and oxygen atoms in total. The van der Waals surface area contributed by atoms with E-state index in [2.05, 4.69) is 0 Å². The zero-order valence-corrected chi connectivity index (χ0v) is 11.9. The Morgan fingerprint density at radius 3 is 2.57 bits per heavy atom. The number of nitrogens with two attached hydrogens (primary N) is 1. The Bertz CT molecular complexity index is 931. The molecule has 116 valence electrons. The lowest BCUT2D eigenvalue weighted by atomic mass is 10.1. The number of benzene rings is 2. The van der Waals surface area contributed by atoms with Crippen LogP contribution in [-0.4, -0.2) is 12.5 Å². The summed E-state index contributed by atoms with van der Waals surface area (Å²) >= 11 is 0. The van der Waals surface area contributed by atoms with Crippen molar-refractivity contribution in [3.63, 3.8) is 0 Å². The highest BCUT2D eigenvalue weighted by molar-refractivity contribution is 5.83. The molecule has 0 aliphatic carbocycles. The molecule has 0 aliphatic heterocycles. The molecule has 0 bridgehead atoms. The number of carbonyl (C=O) groups excluding carboxylic acids is 1. The first-order valence-corrected chi connectivity index (χ1v) is 6.78. The molecule has 3 rings (SSSR count). The number of hydrogen-bond donors (Lipinski definition) is 1. The van der Waals surface area contributed by atoms with Crippen LogP contribution in [0.2, 0.25) is 0 Å². The van der Waals surface area contributed by atoms with Crippen molar-refractivity contribution >= 4 is 16.9 Å². The van der Waals surface area contributed by atoms with E-state index in [9.17, 15) is 14.0 Å². The summed E-state index contributed by atoms with van der Waals surface area (Å²) in [5, 5.41) is 0.676. The van der Waals surface area contributed by atoms with Crippen molar-refractivity contribution in [2.75, 3.05) is 6.61 Å². The summed E-state index contributed by atoms with van der Waals surface area (Å²) in [6.07, 6.45) is 0. The average Bonchev–Trinajstić information content (AvgIpc) is 2.53. The zero-order valence-electron chi connectivity index (χ0n) is 11.9. The summed E-state index contributed by atoms with van der Waals surface area (Å²) in [7, 11) is 0. The highest BCUT2D eigenvalue weighted by Crippen LogP contribution is 2.24. The average molecular weight is 313 g/mol. The second-order valence-corrected chi connectivity index (χ2v) is 4.91. The highest BCUT2D eigenvalue weighted by Gasteiger charge is 2.09. The Labute approximate surface area is 130 Å². The predicted molar refractivity (Wildman–Crippen MR) is 82.6 cm³/mol. The van der Waals surface area contributed by atoms with Crippen molar-refractivity contribution in [3.05, 3.63) is 64.8 Å². The maximum absolute atomic E-state index is 13.0. The molecule has 0 aliphatic rings. The van der Waals surface area contributed by atoms with Crippen molar-refractivity contribution in [1.29, 1.82) is 0 Å². The number of amides is 1. The van der Waals surface area contributed by atoms with Crippen molar-refractivity contribution in [2.45, 2.75) is 0 Å². The Kier molecular flexibility index (Phi) is 3.80. The number of primary amides is 1. The molecular formula is C17H12FNO4. The molecule has 0 atom stereocenters. The van der Waals surface area contributed by atoms with Gasteiger partial charge >= 0.3 is 5.63 Å². The molecule has 2 aromatic carbocycles. The third-order valence-electron chi connectivity index (χ3n) is 3.24. The first-order chi connectivity index (χ1) is 11.0. The van der Waals surface area contributed by atoms with Crippen LogP contribution in [0.25, 0.3) is 22.1 Å². The summed E-state index contributed by atoms with van der Waals surface area (Å²) in [4.78, 5) is 22.8. The molecule has 0 radical (unpaired) electrons. The number of halogens is 1. The molecular weight excluding hydrogens is 301 g/mol. The summed E-state index contributed by atoms with van der Waals surface area (Å²) in [5.41, 5.74) is 5.69. The third kappa shape index (κ3) is 3.21. The Morgan fingerprint density at radius 2 is 1.87 bits per heavy atom. The molecule has 0 saturated carbocycles. The monoisotopic (exact) mass is 313 g/mol. The minimum Gasteiger partial charge on any atom is -0.484 e. The van der Waals surface area contributed by atoms with Gasteiger partial charge in [0.05, 0.1) is 5.56 Å². The van der Waals surface area contributed by atoms with E-state index in [1.54, 1.807) is 18.2 Å². The molecule has 0 spiro atoms. The van der Waals surface area contributed by atoms with E-state index >= 15 is 0 Å². The number of hydrogen-bond acceptors (Lipinski definition) is 4. The van der Waals surface area contributed by atoms with Crippen molar-refractivity contribution in [2.24, 2.45) is 5.73 Å². The smallest absolute Gasteiger partial charge is 0.344 e. The Morgan fingerprint density at radius 1 is 1.13 bits per heavy atom.